The first-order chi connectivity index (χ1) is 11.9. The van der Waals surface area contributed by atoms with Gasteiger partial charge in [-0.05, 0) is 61.0 Å². The molecule has 136 valence electrons. The summed E-state index contributed by atoms with van der Waals surface area (Å²) in [4.78, 5) is 0. The van der Waals surface area contributed by atoms with Gasteiger partial charge in [0.05, 0.1) is 25.1 Å². The third-order valence-corrected chi connectivity index (χ3v) is 8.78. The average molecular weight is 342 g/mol. The minimum absolute atomic E-state index is 0.0879. The summed E-state index contributed by atoms with van der Waals surface area (Å²) in [6.45, 7) is 4.55. The molecular weight excluding hydrogens is 312 g/mol. The summed E-state index contributed by atoms with van der Waals surface area (Å²) in [5, 5.41) is 21.3. The smallest absolute Gasteiger partial charge is 0.0967 e. The molecule has 0 bridgehead atoms. The largest absolute Gasteiger partial charge is 0.501 e. The Labute approximate surface area is 150 Å². The molecule has 0 aromatic carbocycles. The molecule has 0 aliphatic heterocycles. The number of aliphatic hydroxyl groups excluding tert-OH is 1. The highest BCUT2D eigenvalue weighted by molar-refractivity contribution is 5.46. The van der Waals surface area contributed by atoms with E-state index in [0.29, 0.717) is 23.7 Å². The summed E-state index contributed by atoms with van der Waals surface area (Å²) in [6.07, 6.45) is 12.3. The quantitative estimate of drug-likeness (QED) is 0.754. The van der Waals surface area contributed by atoms with E-state index in [-0.39, 0.29) is 17.4 Å². The zero-order chi connectivity index (χ0) is 17.6. The van der Waals surface area contributed by atoms with E-state index in [9.17, 15) is 10.2 Å². The first kappa shape index (κ1) is 16.1. The minimum atomic E-state index is -0.884. The Morgan fingerprint density at radius 3 is 2.80 bits per heavy atom. The fourth-order valence-electron chi connectivity index (χ4n) is 7.21. The van der Waals surface area contributed by atoms with Crippen LogP contribution in [0.4, 0.5) is 0 Å². The molecule has 0 radical (unpaired) electrons. The molecule has 2 N–H and O–H groups in total. The standard InChI is InChI=1S/C22H30O3/c1-20-8-6-14(25-3)10-13(20)4-5-15-17(20)7-9-21(2)19(15)16-11-18(16)22(21,24)12-23/h4,7,10,15-16,18-19,23-24H,5-6,8-9,11-12H2,1-3H3. The van der Waals surface area contributed by atoms with Gasteiger partial charge < -0.3 is 14.9 Å². The molecule has 0 aromatic rings. The van der Waals surface area contributed by atoms with Crippen molar-refractivity contribution in [1.29, 1.82) is 0 Å². The Hall–Kier alpha value is -1.06. The molecule has 2 saturated carbocycles. The number of methoxy groups -OCH3 is 1. The summed E-state index contributed by atoms with van der Waals surface area (Å²) in [5.41, 5.74) is 2.09. The first-order valence-electron chi connectivity index (χ1n) is 9.88. The lowest BCUT2D eigenvalue weighted by Gasteiger charge is -2.55. The number of allylic oxidation sites excluding steroid dienone is 6. The Kier molecular flexibility index (Phi) is 3.10. The summed E-state index contributed by atoms with van der Waals surface area (Å²) in [5.74, 6) is 3.05. The Morgan fingerprint density at radius 2 is 2.08 bits per heavy atom. The summed E-state index contributed by atoms with van der Waals surface area (Å²) >= 11 is 0. The highest BCUT2D eigenvalue weighted by atomic mass is 16.5. The SMILES string of the molecule is COC1=CC2=CCC3C(=CCC4(C)C3C3CC3C4(O)CO)C2(C)CC1. The van der Waals surface area contributed by atoms with E-state index in [1.807, 2.05) is 0 Å². The molecule has 0 spiro atoms. The lowest BCUT2D eigenvalue weighted by molar-refractivity contribution is -0.131. The summed E-state index contributed by atoms with van der Waals surface area (Å²) < 4.78 is 5.51. The molecule has 3 nitrogen and oxygen atoms in total. The second-order valence-corrected chi connectivity index (χ2v) is 9.54. The third-order valence-electron chi connectivity index (χ3n) is 8.78. The number of ether oxygens (including phenoxy) is 1. The molecule has 2 fully saturated rings. The molecule has 5 rings (SSSR count). The van der Waals surface area contributed by atoms with Crippen molar-refractivity contribution in [3.8, 4) is 0 Å². The van der Waals surface area contributed by atoms with Gasteiger partial charge in [-0.1, -0.05) is 31.6 Å². The van der Waals surface area contributed by atoms with Gasteiger partial charge in [-0.25, -0.2) is 0 Å². The van der Waals surface area contributed by atoms with Crippen LogP contribution >= 0.6 is 0 Å². The second-order valence-electron chi connectivity index (χ2n) is 9.54. The molecule has 0 amide bonds. The lowest BCUT2D eigenvalue weighted by atomic mass is 9.50. The lowest BCUT2D eigenvalue weighted by Crippen LogP contribution is -2.55. The van der Waals surface area contributed by atoms with Crippen molar-refractivity contribution in [1.82, 2.24) is 0 Å². The molecule has 0 heterocycles. The van der Waals surface area contributed by atoms with Gasteiger partial charge in [0.2, 0.25) is 0 Å². The van der Waals surface area contributed by atoms with Crippen LogP contribution in [0.2, 0.25) is 0 Å². The Balaban J connectivity index is 1.58. The summed E-state index contributed by atoms with van der Waals surface area (Å²) in [6, 6.07) is 0. The van der Waals surface area contributed by atoms with E-state index in [1.54, 1.807) is 12.7 Å². The number of hydrogen-bond donors (Lipinski definition) is 2. The van der Waals surface area contributed by atoms with Gasteiger partial charge in [-0.3, -0.25) is 0 Å². The molecule has 7 atom stereocenters. The van der Waals surface area contributed by atoms with Gasteiger partial charge in [0.15, 0.2) is 0 Å². The predicted molar refractivity (Wildman–Crippen MR) is 96.6 cm³/mol. The number of fused-ring (bicyclic) bond motifs is 7. The highest BCUT2D eigenvalue weighted by Crippen LogP contribution is 2.75. The molecule has 3 heteroatoms. The second kappa shape index (κ2) is 4.80. The van der Waals surface area contributed by atoms with Gasteiger partial charge in [-0.2, -0.15) is 0 Å². The van der Waals surface area contributed by atoms with Gasteiger partial charge in [-0.15, -0.1) is 0 Å². The molecule has 0 saturated heterocycles. The van der Waals surface area contributed by atoms with Crippen molar-refractivity contribution in [2.45, 2.75) is 51.6 Å². The van der Waals surface area contributed by atoms with Crippen LogP contribution in [0.15, 0.2) is 35.1 Å². The molecule has 7 unspecified atom stereocenters. The zero-order valence-electron chi connectivity index (χ0n) is 15.6. The van der Waals surface area contributed by atoms with Gasteiger partial charge in [0, 0.05) is 17.3 Å². The summed E-state index contributed by atoms with van der Waals surface area (Å²) in [7, 11) is 1.77. The van der Waals surface area contributed by atoms with Crippen molar-refractivity contribution in [2.24, 2.45) is 34.5 Å². The highest BCUT2D eigenvalue weighted by Gasteiger charge is 2.74. The van der Waals surface area contributed by atoms with E-state index in [2.05, 4.69) is 32.1 Å². The molecule has 5 aliphatic rings. The van der Waals surface area contributed by atoms with E-state index < -0.39 is 5.60 Å². The predicted octanol–water partition coefficient (Wildman–Crippen LogP) is 3.59. The maximum absolute atomic E-state index is 11.3. The van der Waals surface area contributed by atoms with E-state index >= 15 is 0 Å². The molecular formula is C22H30O3. The van der Waals surface area contributed by atoms with Crippen molar-refractivity contribution >= 4 is 0 Å². The number of aliphatic hydroxyl groups is 2. The average Bonchev–Trinajstić information content (AvgIpc) is 3.37. The van der Waals surface area contributed by atoms with Crippen molar-refractivity contribution in [2.75, 3.05) is 13.7 Å². The van der Waals surface area contributed by atoms with Gasteiger partial charge in [0.1, 0.15) is 0 Å². The molecule has 0 aromatic heterocycles. The first-order valence-corrected chi connectivity index (χ1v) is 9.88. The van der Waals surface area contributed by atoms with Crippen molar-refractivity contribution in [3.63, 3.8) is 0 Å². The third kappa shape index (κ3) is 1.74. The van der Waals surface area contributed by atoms with Crippen LogP contribution in [-0.4, -0.2) is 29.5 Å². The van der Waals surface area contributed by atoms with Gasteiger partial charge in [0.25, 0.3) is 0 Å². The Morgan fingerprint density at radius 1 is 1.28 bits per heavy atom. The van der Waals surface area contributed by atoms with Crippen LogP contribution < -0.4 is 0 Å². The van der Waals surface area contributed by atoms with Crippen LogP contribution in [0.3, 0.4) is 0 Å². The van der Waals surface area contributed by atoms with Crippen LogP contribution in [0.5, 0.6) is 0 Å². The normalized spacial score (nSPS) is 52.8. The van der Waals surface area contributed by atoms with Crippen molar-refractivity contribution < 1.29 is 14.9 Å². The van der Waals surface area contributed by atoms with E-state index in [0.717, 1.165) is 37.9 Å². The number of rotatable bonds is 2. The van der Waals surface area contributed by atoms with E-state index in [1.165, 1.54) is 5.57 Å². The molecule has 25 heavy (non-hydrogen) atoms. The fraction of sp³-hybridized carbons (Fsp3) is 0.727. The molecule has 5 aliphatic carbocycles. The maximum atomic E-state index is 11.3. The van der Waals surface area contributed by atoms with Gasteiger partial charge >= 0.3 is 0 Å². The van der Waals surface area contributed by atoms with Crippen molar-refractivity contribution in [3.05, 3.63) is 35.1 Å². The topological polar surface area (TPSA) is 49.7 Å². The monoisotopic (exact) mass is 342 g/mol. The van der Waals surface area contributed by atoms with Crippen LogP contribution in [-0.2, 0) is 4.74 Å². The van der Waals surface area contributed by atoms with E-state index in [4.69, 9.17) is 4.74 Å². The fourth-order valence-corrected chi connectivity index (χ4v) is 7.21. The van der Waals surface area contributed by atoms with Crippen LogP contribution in [0, 0.1) is 34.5 Å². The maximum Gasteiger partial charge on any atom is 0.0967 e. The zero-order valence-corrected chi connectivity index (χ0v) is 15.6. The minimum Gasteiger partial charge on any atom is -0.501 e. The Bertz CT molecular complexity index is 719. The number of hydrogen-bond acceptors (Lipinski definition) is 3. The van der Waals surface area contributed by atoms with Crippen LogP contribution in [0.25, 0.3) is 0 Å². The van der Waals surface area contributed by atoms with Crippen LogP contribution in [0.1, 0.15) is 46.0 Å².